The molecule has 0 spiro atoms. The first-order chi connectivity index (χ1) is 10.7. The number of thioether (sulfide) groups is 1. The van der Waals surface area contributed by atoms with E-state index >= 15 is 0 Å². The zero-order chi connectivity index (χ0) is 16.2. The summed E-state index contributed by atoms with van der Waals surface area (Å²) in [5.41, 5.74) is 1.11. The molecule has 0 amide bonds. The third-order valence-corrected chi connectivity index (χ3v) is 3.67. The Kier molecular flexibility index (Phi) is 13.5. The molecule has 132 valence electrons. The number of guanidine groups is 1. The van der Waals surface area contributed by atoms with E-state index in [9.17, 15) is 4.39 Å². The lowest BCUT2D eigenvalue weighted by Crippen LogP contribution is -2.39. The molecule has 0 aliphatic heterocycles. The van der Waals surface area contributed by atoms with Gasteiger partial charge in [0, 0.05) is 31.9 Å². The first-order valence-corrected chi connectivity index (χ1v) is 8.99. The molecule has 1 aromatic rings. The van der Waals surface area contributed by atoms with Crippen molar-refractivity contribution in [1.82, 2.24) is 15.5 Å². The molecule has 0 atom stereocenters. The van der Waals surface area contributed by atoms with Crippen LogP contribution in [0.1, 0.15) is 12.5 Å². The third-order valence-electron chi connectivity index (χ3n) is 3.06. The van der Waals surface area contributed by atoms with Gasteiger partial charge < -0.3 is 15.5 Å². The molecule has 0 aliphatic carbocycles. The number of nitrogens with one attached hydrogen (secondary N) is 2. The standard InChI is InChI=1S/C16H27FN4S.HI/c1-4-18-16(20-10-12-22-3)19-9-11-21(2)13-14-5-7-15(17)8-6-14;/h5-8H,4,9-13H2,1-3H3,(H2,18,19,20);1H. The average molecular weight is 454 g/mol. The van der Waals surface area contributed by atoms with Crippen LogP contribution in [-0.2, 0) is 6.54 Å². The van der Waals surface area contributed by atoms with Gasteiger partial charge >= 0.3 is 0 Å². The number of aliphatic imine (C=N–C) groups is 1. The van der Waals surface area contributed by atoms with E-state index < -0.39 is 0 Å². The molecule has 0 saturated carbocycles. The van der Waals surface area contributed by atoms with Gasteiger partial charge in [0.2, 0.25) is 0 Å². The summed E-state index contributed by atoms with van der Waals surface area (Å²) in [7, 11) is 2.05. The minimum absolute atomic E-state index is 0. The van der Waals surface area contributed by atoms with Crippen LogP contribution < -0.4 is 10.6 Å². The summed E-state index contributed by atoms with van der Waals surface area (Å²) < 4.78 is 12.9. The van der Waals surface area contributed by atoms with Gasteiger partial charge in [0.25, 0.3) is 0 Å². The second-order valence-electron chi connectivity index (χ2n) is 5.04. The fourth-order valence-corrected chi connectivity index (χ4v) is 2.23. The Morgan fingerprint density at radius 1 is 1.26 bits per heavy atom. The van der Waals surface area contributed by atoms with Crippen LogP contribution in [0.2, 0.25) is 0 Å². The van der Waals surface area contributed by atoms with Crippen LogP contribution in [0, 0.1) is 5.82 Å². The van der Waals surface area contributed by atoms with Gasteiger partial charge in [-0.05, 0) is 37.9 Å². The van der Waals surface area contributed by atoms with Crippen molar-refractivity contribution in [1.29, 1.82) is 0 Å². The van der Waals surface area contributed by atoms with Gasteiger partial charge in [0.05, 0.1) is 6.54 Å². The third kappa shape index (κ3) is 10.8. The molecule has 0 fully saturated rings. The summed E-state index contributed by atoms with van der Waals surface area (Å²) in [4.78, 5) is 6.75. The predicted molar refractivity (Wildman–Crippen MR) is 111 cm³/mol. The molecule has 23 heavy (non-hydrogen) atoms. The van der Waals surface area contributed by atoms with Gasteiger partial charge in [-0.1, -0.05) is 12.1 Å². The van der Waals surface area contributed by atoms with E-state index in [1.54, 1.807) is 0 Å². The quantitative estimate of drug-likeness (QED) is 0.261. The Morgan fingerprint density at radius 3 is 2.57 bits per heavy atom. The van der Waals surface area contributed by atoms with Crippen LogP contribution in [0.3, 0.4) is 0 Å². The van der Waals surface area contributed by atoms with E-state index in [2.05, 4.69) is 33.7 Å². The molecule has 0 heterocycles. The second-order valence-corrected chi connectivity index (χ2v) is 6.03. The Morgan fingerprint density at radius 2 is 1.96 bits per heavy atom. The summed E-state index contributed by atoms with van der Waals surface area (Å²) in [6.07, 6.45) is 2.09. The van der Waals surface area contributed by atoms with Crippen LogP contribution in [0.5, 0.6) is 0 Å². The molecular weight excluding hydrogens is 426 g/mol. The van der Waals surface area contributed by atoms with Crippen molar-refractivity contribution < 1.29 is 4.39 Å². The maximum absolute atomic E-state index is 12.9. The van der Waals surface area contributed by atoms with Crippen molar-refractivity contribution >= 4 is 41.7 Å². The fourth-order valence-electron chi connectivity index (χ4n) is 1.93. The number of rotatable bonds is 9. The number of halogens is 2. The molecule has 0 aromatic heterocycles. The molecule has 0 bridgehead atoms. The van der Waals surface area contributed by atoms with Crippen LogP contribution in [0.15, 0.2) is 29.3 Å². The van der Waals surface area contributed by atoms with Gasteiger partial charge in [-0.2, -0.15) is 11.8 Å². The summed E-state index contributed by atoms with van der Waals surface area (Å²) in [5, 5.41) is 6.55. The van der Waals surface area contributed by atoms with Crippen LogP contribution in [-0.4, -0.2) is 56.1 Å². The minimum atomic E-state index is -0.192. The monoisotopic (exact) mass is 454 g/mol. The molecule has 0 aliphatic rings. The number of hydrogen-bond donors (Lipinski definition) is 2. The van der Waals surface area contributed by atoms with E-state index in [-0.39, 0.29) is 29.8 Å². The summed E-state index contributed by atoms with van der Waals surface area (Å²) in [6, 6.07) is 6.65. The van der Waals surface area contributed by atoms with Crippen LogP contribution in [0.25, 0.3) is 0 Å². The lowest BCUT2D eigenvalue weighted by molar-refractivity contribution is 0.336. The Balaban J connectivity index is 0.00000484. The SMILES string of the molecule is CCNC(=NCCN(C)Cc1ccc(F)cc1)NCCSC.I. The van der Waals surface area contributed by atoms with Gasteiger partial charge in [-0.3, -0.25) is 4.99 Å². The van der Waals surface area contributed by atoms with Crippen molar-refractivity contribution in [2.75, 3.05) is 45.2 Å². The van der Waals surface area contributed by atoms with E-state index in [1.165, 1.54) is 12.1 Å². The maximum Gasteiger partial charge on any atom is 0.191 e. The van der Waals surface area contributed by atoms with Crippen molar-refractivity contribution in [2.45, 2.75) is 13.5 Å². The highest BCUT2D eigenvalue weighted by atomic mass is 127. The van der Waals surface area contributed by atoms with E-state index in [4.69, 9.17) is 0 Å². The number of nitrogens with zero attached hydrogens (tertiary/aromatic N) is 2. The van der Waals surface area contributed by atoms with Crippen LogP contribution >= 0.6 is 35.7 Å². The molecule has 4 nitrogen and oxygen atoms in total. The van der Waals surface area contributed by atoms with E-state index in [0.29, 0.717) is 0 Å². The van der Waals surface area contributed by atoms with Gasteiger partial charge in [-0.15, -0.1) is 24.0 Å². The molecule has 0 saturated heterocycles. The largest absolute Gasteiger partial charge is 0.357 e. The van der Waals surface area contributed by atoms with Crippen molar-refractivity contribution in [3.8, 4) is 0 Å². The smallest absolute Gasteiger partial charge is 0.191 e. The molecule has 2 N–H and O–H groups in total. The normalized spacial score (nSPS) is 11.3. The van der Waals surface area contributed by atoms with Gasteiger partial charge in [-0.25, -0.2) is 4.39 Å². The highest BCUT2D eigenvalue weighted by molar-refractivity contribution is 14.0. The van der Waals surface area contributed by atoms with Crippen molar-refractivity contribution in [2.24, 2.45) is 4.99 Å². The maximum atomic E-state index is 12.9. The van der Waals surface area contributed by atoms with Crippen molar-refractivity contribution in [3.05, 3.63) is 35.6 Å². The summed E-state index contributed by atoms with van der Waals surface area (Å²) in [6.45, 7) is 6.22. The second kappa shape index (κ2) is 13.9. The number of benzene rings is 1. The Hall–Kier alpha value is -0.540. The molecule has 1 aromatic carbocycles. The number of hydrogen-bond acceptors (Lipinski definition) is 3. The average Bonchev–Trinajstić information content (AvgIpc) is 2.50. The predicted octanol–water partition coefficient (Wildman–Crippen LogP) is 2.79. The van der Waals surface area contributed by atoms with Gasteiger partial charge in [0.15, 0.2) is 5.96 Å². The number of likely N-dealkylation sites (N-methyl/N-ethyl adjacent to an activating group) is 1. The van der Waals surface area contributed by atoms with Crippen LogP contribution in [0.4, 0.5) is 4.39 Å². The molecule has 1 rings (SSSR count). The highest BCUT2D eigenvalue weighted by Crippen LogP contribution is 2.05. The molecular formula is C16H28FIN4S. The first kappa shape index (κ1) is 22.5. The summed E-state index contributed by atoms with van der Waals surface area (Å²) in [5.74, 6) is 1.74. The zero-order valence-corrected chi connectivity index (χ0v) is 17.3. The Labute approximate surface area is 160 Å². The minimum Gasteiger partial charge on any atom is -0.357 e. The van der Waals surface area contributed by atoms with E-state index in [0.717, 1.165) is 50.0 Å². The molecule has 0 unspecified atom stereocenters. The molecule has 0 radical (unpaired) electrons. The van der Waals surface area contributed by atoms with E-state index in [1.807, 2.05) is 30.9 Å². The zero-order valence-electron chi connectivity index (χ0n) is 14.1. The topological polar surface area (TPSA) is 39.7 Å². The lowest BCUT2D eigenvalue weighted by Gasteiger charge is -2.16. The van der Waals surface area contributed by atoms with Crippen molar-refractivity contribution in [3.63, 3.8) is 0 Å². The first-order valence-electron chi connectivity index (χ1n) is 7.59. The van der Waals surface area contributed by atoms with Gasteiger partial charge in [0.1, 0.15) is 5.82 Å². The fraction of sp³-hybridized carbons (Fsp3) is 0.562. The highest BCUT2D eigenvalue weighted by Gasteiger charge is 2.01. The Bertz CT molecular complexity index is 442. The molecule has 7 heteroatoms. The summed E-state index contributed by atoms with van der Waals surface area (Å²) >= 11 is 1.81. The lowest BCUT2D eigenvalue weighted by atomic mass is 10.2.